The SMILES string of the molecule is CCOC(=O)c1c(N)sc(OC(C)=O)c1C. The fraction of sp³-hybridized carbons (Fsp3) is 0.400. The van der Waals surface area contributed by atoms with Crippen LogP contribution in [-0.2, 0) is 9.53 Å². The molecule has 6 heteroatoms. The van der Waals surface area contributed by atoms with E-state index >= 15 is 0 Å². The maximum absolute atomic E-state index is 11.5. The van der Waals surface area contributed by atoms with E-state index in [4.69, 9.17) is 15.2 Å². The van der Waals surface area contributed by atoms with Gasteiger partial charge in [-0.1, -0.05) is 11.3 Å². The topological polar surface area (TPSA) is 78.6 Å². The van der Waals surface area contributed by atoms with E-state index < -0.39 is 11.9 Å². The van der Waals surface area contributed by atoms with Gasteiger partial charge in [0.15, 0.2) is 5.06 Å². The van der Waals surface area contributed by atoms with Crippen LogP contribution in [0.4, 0.5) is 5.00 Å². The summed E-state index contributed by atoms with van der Waals surface area (Å²) < 4.78 is 9.78. The van der Waals surface area contributed by atoms with Crippen LogP contribution in [0.1, 0.15) is 29.8 Å². The zero-order valence-electron chi connectivity index (χ0n) is 9.33. The van der Waals surface area contributed by atoms with E-state index in [-0.39, 0.29) is 12.2 Å². The van der Waals surface area contributed by atoms with Crippen LogP contribution in [0.3, 0.4) is 0 Å². The Morgan fingerprint density at radius 3 is 2.56 bits per heavy atom. The number of hydrogen-bond donors (Lipinski definition) is 1. The monoisotopic (exact) mass is 243 g/mol. The summed E-state index contributed by atoms with van der Waals surface area (Å²) in [6.07, 6.45) is 0. The number of nitrogens with two attached hydrogens (primary N) is 1. The summed E-state index contributed by atoms with van der Waals surface area (Å²) in [6, 6.07) is 0. The van der Waals surface area contributed by atoms with Crippen molar-refractivity contribution in [3.8, 4) is 5.06 Å². The first-order chi connectivity index (χ1) is 7.47. The predicted molar refractivity (Wildman–Crippen MR) is 60.7 cm³/mol. The average molecular weight is 243 g/mol. The number of carbonyl (C=O) groups is 2. The lowest BCUT2D eigenvalue weighted by molar-refractivity contribution is -0.131. The molecule has 0 bridgehead atoms. The molecular formula is C10H13NO4S. The molecule has 1 aromatic heterocycles. The molecule has 0 aliphatic carbocycles. The first kappa shape index (κ1) is 12.5. The van der Waals surface area contributed by atoms with Crippen molar-refractivity contribution in [3.05, 3.63) is 11.1 Å². The molecule has 1 aromatic rings. The maximum Gasteiger partial charge on any atom is 0.341 e. The third-order valence-corrected chi connectivity index (χ3v) is 2.85. The highest BCUT2D eigenvalue weighted by atomic mass is 32.1. The number of thiophene rings is 1. The summed E-state index contributed by atoms with van der Waals surface area (Å²) in [5.74, 6) is -0.938. The molecule has 0 aromatic carbocycles. The van der Waals surface area contributed by atoms with Crippen molar-refractivity contribution < 1.29 is 19.1 Å². The van der Waals surface area contributed by atoms with Gasteiger partial charge in [-0.05, 0) is 13.8 Å². The number of rotatable bonds is 3. The standard InChI is InChI=1S/C10H13NO4S/c1-4-14-9(13)7-5(2)10(15-6(3)12)16-8(7)11/h4,11H2,1-3H3. The van der Waals surface area contributed by atoms with Crippen LogP contribution in [0.2, 0.25) is 0 Å². The quantitative estimate of drug-likeness (QED) is 0.818. The van der Waals surface area contributed by atoms with E-state index in [9.17, 15) is 9.59 Å². The molecule has 0 spiro atoms. The zero-order valence-corrected chi connectivity index (χ0v) is 10.1. The summed E-state index contributed by atoms with van der Waals surface area (Å²) in [5, 5.41) is 0.639. The summed E-state index contributed by atoms with van der Waals surface area (Å²) in [4.78, 5) is 22.4. The summed E-state index contributed by atoms with van der Waals surface area (Å²) in [7, 11) is 0. The van der Waals surface area contributed by atoms with Crippen molar-refractivity contribution in [3.63, 3.8) is 0 Å². The Hall–Kier alpha value is -1.56. The molecule has 5 nitrogen and oxygen atoms in total. The van der Waals surface area contributed by atoms with Crippen LogP contribution in [0.15, 0.2) is 0 Å². The second kappa shape index (κ2) is 4.98. The van der Waals surface area contributed by atoms with Crippen LogP contribution in [-0.4, -0.2) is 18.5 Å². The minimum absolute atomic E-state index is 0.274. The van der Waals surface area contributed by atoms with Gasteiger partial charge in [0.2, 0.25) is 0 Å². The number of carbonyl (C=O) groups excluding carboxylic acids is 2. The molecule has 0 radical (unpaired) electrons. The molecule has 0 saturated heterocycles. The molecule has 2 N–H and O–H groups in total. The largest absolute Gasteiger partial charge is 0.462 e. The number of anilines is 1. The van der Waals surface area contributed by atoms with Crippen molar-refractivity contribution in [2.24, 2.45) is 0 Å². The van der Waals surface area contributed by atoms with E-state index in [0.29, 0.717) is 15.6 Å². The fourth-order valence-corrected chi connectivity index (χ4v) is 2.15. The van der Waals surface area contributed by atoms with Crippen molar-refractivity contribution >= 4 is 28.3 Å². The van der Waals surface area contributed by atoms with E-state index in [1.807, 2.05) is 0 Å². The van der Waals surface area contributed by atoms with Gasteiger partial charge < -0.3 is 15.2 Å². The predicted octanol–water partition coefficient (Wildman–Crippen LogP) is 1.74. The normalized spacial score (nSPS) is 9.94. The number of nitrogen functional groups attached to an aromatic ring is 1. The number of hydrogen-bond acceptors (Lipinski definition) is 6. The van der Waals surface area contributed by atoms with E-state index in [2.05, 4.69) is 0 Å². The molecule has 0 aliphatic heterocycles. The molecule has 88 valence electrons. The van der Waals surface area contributed by atoms with Gasteiger partial charge in [0.05, 0.1) is 6.61 Å². The second-order valence-electron chi connectivity index (χ2n) is 3.07. The van der Waals surface area contributed by atoms with Crippen LogP contribution in [0, 0.1) is 6.92 Å². The molecular weight excluding hydrogens is 230 g/mol. The second-order valence-corrected chi connectivity index (χ2v) is 4.08. The van der Waals surface area contributed by atoms with Crippen molar-refractivity contribution in [2.75, 3.05) is 12.3 Å². The van der Waals surface area contributed by atoms with Crippen molar-refractivity contribution in [1.82, 2.24) is 0 Å². The van der Waals surface area contributed by atoms with Gasteiger partial charge in [-0.2, -0.15) is 0 Å². The van der Waals surface area contributed by atoms with Gasteiger partial charge in [0, 0.05) is 12.5 Å². The average Bonchev–Trinajstić information content (AvgIpc) is 2.41. The van der Waals surface area contributed by atoms with Crippen LogP contribution in [0.5, 0.6) is 5.06 Å². The molecule has 1 heterocycles. The van der Waals surface area contributed by atoms with Crippen molar-refractivity contribution in [2.45, 2.75) is 20.8 Å². The molecule has 0 unspecified atom stereocenters. The first-order valence-corrected chi connectivity index (χ1v) is 5.53. The summed E-state index contributed by atoms with van der Waals surface area (Å²) in [5.41, 5.74) is 6.49. The molecule has 0 atom stereocenters. The third kappa shape index (κ3) is 2.52. The van der Waals surface area contributed by atoms with E-state index in [1.165, 1.54) is 6.92 Å². The smallest absolute Gasteiger partial charge is 0.341 e. The molecule has 16 heavy (non-hydrogen) atoms. The lowest BCUT2D eigenvalue weighted by atomic mass is 10.2. The van der Waals surface area contributed by atoms with Crippen molar-refractivity contribution in [1.29, 1.82) is 0 Å². The summed E-state index contributed by atoms with van der Waals surface area (Å²) >= 11 is 1.06. The van der Waals surface area contributed by atoms with Gasteiger partial charge in [-0.3, -0.25) is 4.79 Å². The van der Waals surface area contributed by atoms with Gasteiger partial charge >= 0.3 is 11.9 Å². The fourth-order valence-electron chi connectivity index (χ4n) is 1.20. The Balaban J connectivity index is 3.06. The Kier molecular flexibility index (Phi) is 3.89. The van der Waals surface area contributed by atoms with E-state index in [1.54, 1.807) is 13.8 Å². The molecule has 0 saturated carbocycles. The molecule has 0 amide bonds. The lowest BCUT2D eigenvalue weighted by Crippen LogP contribution is -2.08. The van der Waals surface area contributed by atoms with Crippen LogP contribution in [0.25, 0.3) is 0 Å². The minimum Gasteiger partial charge on any atom is -0.462 e. The molecule has 0 aliphatic rings. The highest BCUT2D eigenvalue weighted by molar-refractivity contribution is 7.18. The third-order valence-electron chi connectivity index (χ3n) is 1.85. The maximum atomic E-state index is 11.5. The molecule has 0 fully saturated rings. The minimum atomic E-state index is -0.493. The molecule has 1 rings (SSSR count). The van der Waals surface area contributed by atoms with Gasteiger partial charge in [0.25, 0.3) is 0 Å². The Bertz CT molecular complexity index is 425. The Morgan fingerprint density at radius 2 is 2.06 bits per heavy atom. The number of esters is 2. The first-order valence-electron chi connectivity index (χ1n) is 4.71. The van der Waals surface area contributed by atoms with Crippen LogP contribution < -0.4 is 10.5 Å². The van der Waals surface area contributed by atoms with E-state index in [0.717, 1.165) is 11.3 Å². The van der Waals surface area contributed by atoms with Gasteiger partial charge in [-0.25, -0.2) is 4.79 Å². The summed E-state index contributed by atoms with van der Waals surface area (Å²) in [6.45, 7) is 4.94. The Labute approximate surface area is 97.2 Å². The highest BCUT2D eigenvalue weighted by Gasteiger charge is 2.22. The van der Waals surface area contributed by atoms with Crippen LogP contribution >= 0.6 is 11.3 Å². The highest BCUT2D eigenvalue weighted by Crippen LogP contribution is 2.37. The Morgan fingerprint density at radius 1 is 1.44 bits per heavy atom. The lowest BCUT2D eigenvalue weighted by Gasteiger charge is -2.02. The van der Waals surface area contributed by atoms with Gasteiger partial charge in [0.1, 0.15) is 10.6 Å². The number of ether oxygens (including phenoxy) is 2. The zero-order chi connectivity index (χ0) is 12.3. The van der Waals surface area contributed by atoms with Gasteiger partial charge in [-0.15, -0.1) is 0 Å².